The number of hydrogen-bond acceptors (Lipinski definition) is 3. The second-order valence-electron chi connectivity index (χ2n) is 6.06. The summed E-state index contributed by atoms with van der Waals surface area (Å²) in [4.78, 5) is 0. The van der Waals surface area contributed by atoms with Gasteiger partial charge in [0, 0.05) is 16.3 Å². The van der Waals surface area contributed by atoms with E-state index in [1.54, 1.807) is 13.3 Å². The van der Waals surface area contributed by atoms with E-state index in [0.717, 1.165) is 16.8 Å². The van der Waals surface area contributed by atoms with Crippen LogP contribution in [0.25, 0.3) is 0 Å². The number of halogens is 1. The number of anilines is 1. The average molecular weight is 427 g/mol. The molecule has 0 amide bonds. The molecule has 148 valence electrons. The molecule has 0 spiro atoms. The number of hydrogen-bond donors (Lipinski definition) is 3. The monoisotopic (exact) mass is 426 g/mol. The third-order valence-electron chi connectivity index (χ3n) is 3.95. The summed E-state index contributed by atoms with van der Waals surface area (Å²) in [6.07, 6.45) is 1.78. The van der Waals surface area contributed by atoms with Crippen LogP contribution in [0.4, 0.5) is 5.69 Å². The molecule has 3 aromatic rings. The van der Waals surface area contributed by atoms with Crippen molar-refractivity contribution >= 4 is 40.8 Å². The topological polar surface area (TPSA) is 56.5 Å². The first kappa shape index (κ1) is 20.6. The van der Waals surface area contributed by atoms with Gasteiger partial charge in [0.05, 0.1) is 7.11 Å². The zero-order valence-corrected chi connectivity index (χ0v) is 17.4. The lowest BCUT2D eigenvalue weighted by Crippen LogP contribution is -2.82. The standard InChI is InChI=1S/C22H20ClN3O2S/c1-27-21-13-17(14-24-26-22(29)25-19-5-3-2-4-6-19)9-12-20(21)28-15-16-7-10-18(23)11-8-16/h2-14H,15H2,1H3,(H2,25,26,29)/p+1. The van der Waals surface area contributed by atoms with Gasteiger partial charge in [-0.2, -0.15) is 0 Å². The molecular weight excluding hydrogens is 406 g/mol. The average Bonchev–Trinajstić information content (AvgIpc) is 2.74. The fraction of sp³-hybridized carbons (Fsp3) is 0.0909. The van der Waals surface area contributed by atoms with E-state index >= 15 is 0 Å². The Kier molecular flexibility index (Phi) is 7.44. The molecule has 3 aromatic carbocycles. The largest absolute Gasteiger partial charge is 0.493 e. The van der Waals surface area contributed by atoms with Gasteiger partial charge in [-0.05, 0) is 60.2 Å². The molecule has 0 aliphatic carbocycles. The fourth-order valence-electron chi connectivity index (χ4n) is 2.50. The summed E-state index contributed by atoms with van der Waals surface area (Å²) < 4.78 is 11.3. The van der Waals surface area contributed by atoms with Gasteiger partial charge in [0.1, 0.15) is 6.61 Å². The molecule has 3 N–H and O–H groups in total. The molecule has 3 rings (SSSR count). The van der Waals surface area contributed by atoms with Gasteiger partial charge in [-0.15, -0.1) is 10.5 Å². The highest BCUT2D eigenvalue weighted by atomic mass is 35.5. The Labute approximate surface area is 180 Å². The van der Waals surface area contributed by atoms with Crippen molar-refractivity contribution in [1.29, 1.82) is 0 Å². The maximum atomic E-state index is 5.91. The first-order valence-corrected chi connectivity index (χ1v) is 9.69. The number of thiocarbonyl (C=S) groups is 1. The molecule has 0 radical (unpaired) electrons. The number of ether oxygens (including phenoxy) is 2. The summed E-state index contributed by atoms with van der Waals surface area (Å²) in [6.45, 7) is 0.426. The molecule has 0 unspecified atom stereocenters. The van der Waals surface area contributed by atoms with E-state index in [2.05, 4.69) is 15.8 Å². The van der Waals surface area contributed by atoms with E-state index in [1.807, 2.05) is 72.8 Å². The minimum atomic E-state index is 0.426. The van der Waals surface area contributed by atoms with Crippen LogP contribution in [0, 0.1) is 0 Å². The molecule has 0 atom stereocenters. The molecule has 0 fully saturated rings. The zero-order chi connectivity index (χ0) is 20.5. The lowest BCUT2D eigenvalue weighted by atomic mass is 10.2. The Balaban J connectivity index is 1.56. The van der Waals surface area contributed by atoms with Gasteiger partial charge in [-0.1, -0.05) is 41.9 Å². The van der Waals surface area contributed by atoms with Crippen LogP contribution in [0.15, 0.2) is 72.8 Å². The molecule has 0 saturated heterocycles. The van der Waals surface area contributed by atoms with E-state index < -0.39 is 0 Å². The van der Waals surface area contributed by atoms with Gasteiger partial charge in [-0.3, -0.25) is 0 Å². The number of methoxy groups -OCH3 is 1. The number of para-hydroxylation sites is 1. The van der Waals surface area contributed by atoms with Crippen molar-refractivity contribution in [3.8, 4) is 11.5 Å². The first-order valence-electron chi connectivity index (χ1n) is 8.90. The third-order valence-corrected chi connectivity index (χ3v) is 4.41. The normalized spacial score (nSPS) is 10.6. The van der Waals surface area contributed by atoms with Crippen molar-refractivity contribution in [3.63, 3.8) is 0 Å². The van der Waals surface area contributed by atoms with Crippen LogP contribution in [0.2, 0.25) is 5.02 Å². The Hall–Kier alpha value is -3.09. The molecule has 5 nitrogen and oxygen atoms in total. The van der Waals surface area contributed by atoms with E-state index in [4.69, 9.17) is 33.3 Å². The Morgan fingerprint density at radius 1 is 1.03 bits per heavy atom. The summed E-state index contributed by atoms with van der Waals surface area (Å²) >= 11 is 11.2. The fourth-order valence-corrected chi connectivity index (χ4v) is 2.81. The van der Waals surface area contributed by atoms with Crippen molar-refractivity contribution < 1.29 is 14.6 Å². The highest BCUT2D eigenvalue weighted by Crippen LogP contribution is 2.28. The Bertz CT molecular complexity index is 979. The maximum absolute atomic E-state index is 5.91. The Morgan fingerprint density at radius 2 is 1.79 bits per heavy atom. The highest BCUT2D eigenvalue weighted by Gasteiger charge is 2.07. The number of nitrogens with one attached hydrogen (secondary N) is 3. The molecule has 0 saturated carbocycles. The van der Waals surface area contributed by atoms with Crippen LogP contribution in [0.5, 0.6) is 11.5 Å². The molecule has 0 aliphatic heterocycles. The number of benzene rings is 3. The van der Waals surface area contributed by atoms with Gasteiger partial charge in [-0.25, -0.2) is 0 Å². The van der Waals surface area contributed by atoms with Crippen LogP contribution >= 0.6 is 23.8 Å². The molecular formula is C22H21ClN3O2S+. The summed E-state index contributed by atoms with van der Waals surface area (Å²) in [5.74, 6) is 1.30. The van der Waals surface area contributed by atoms with E-state index in [0.29, 0.717) is 28.2 Å². The van der Waals surface area contributed by atoms with E-state index in [-0.39, 0.29) is 0 Å². The minimum Gasteiger partial charge on any atom is -0.493 e. The van der Waals surface area contributed by atoms with Crippen molar-refractivity contribution in [2.24, 2.45) is 0 Å². The number of hydrazone groups is 1. The first-order chi connectivity index (χ1) is 14.1. The van der Waals surface area contributed by atoms with Gasteiger partial charge >= 0.3 is 0 Å². The predicted octanol–water partition coefficient (Wildman–Crippen LogP) is 3.33. The smallest absolute Gasteiger partial charge is 0.228 e. The summed E-state index contributed by atoms with van der Waals surface area (Å²) in [6, 6.07) is 22.9. The SMILES string of the molecule is COc1cc(C=[NH+]NC(=S)Nc2ccccc2)ccc1OCc1ccc(Cl)cc1. The highest BCUT2D eigenvalue weighted by molar-refractivity contribution is 7.80. The summed E-state index contributed by atoms with van der Waals surface area (Å²) in [7, 11) is 1.61. The van der Waals surface area contributed by atoms with Crippen LogP contribution in [0.1, 0.15) is 11.1 Å². The molecule has 0 bridgehead atoms. The molecule has 0 heterocycles. The maximum Gasteiger partial charge on any atom is 0.228 e. The van der Waals surface area contributed by atoms with E-state index in [9.17, 15) is 0 Å². The van der Waals surface area contributed by atoms with Crippen molar-refractivity contribution in [3.05, 3.63) is 88.9 Å². The number of hydrazine groups is 1. The Morgan fingerprint density at radius 3 is 2.52 bits per heavy atom. The second kappa shape index (κ2) is 10.5. The summed E-state index contributed by atoms with van der Waals surface area (Å²) in [5.41, 5.74) is 5.75. The number of rotatable bonds is 7. The van der Waals surface area contributed by atoms with Gasteiger partial charge < -0.3 is 14.8 Å². The lowest BCUT2D eigenvalue weighted by Gasteiger charge is -2.11. The molecule has 29 heavy (non-hydrogen) atoms. The van der Waals surface area contributed by atoms with Gasteiger partial charge in [0.2, 0.25) is 5.11 Å². The van der Waals surface area contributed by atoms with Crippen molar-refractivity contribution in [2.75, 3.05) is 12.4 Å². The second-order valence-corrected chi connectivity index (χ2v) is 6.90. The van der Waals surface area contributed by atoms with Crippen LogP contribution in [-0.2, 0) is 6.61 Å². The van der Waals surface area contributed by atoms with Crippen LogP contribution in [-0.4, -0.2) is 18.4 Å². The zero-order valence-electron chi connectivity index (χ0n) is 15.8. The van der Waals surface area contributed by atoms with E-state index in [1.165, 1.54) is 0 Å². The van der Waals surface area contributed by atoms with Crippen molar-refractivity contribution in [2.45, 2.75) is 6.61 Å². The minimum absolute atomic E-state index is 0.426. The van der Waals surface area contributed by atoms with Gasteiger partial charge in [0.15, 0.2) is 17.7 Å². The molecule has 7 heteroatoms. The summed E-state index contributed by atoms with van der Waals surface area (Å²) in [5, 5.41) is 7.21. The lowest BCUT2D eigenvalue weighted by molar-refractivity contribution is -0.499. The van der Waals surface area contributed by atoms with Gasteiger partial charge in [0.25, 0.3) is 0 Å². The molecule has 0 aliphatic rings. The van der Waals surface area contributed by atoms with Crippen molar-refractivity contribution in [1.82, 2.24) is 5.43 Å². The molecule has 0 aromatic heterocycles. The quantitative estimate of drug-likeness (QED) is 0.307. The predicted molar refractivity (Wildman–Crippen MR) is 121 cm³/mol. The van der Waals surface area contributed by atoms with Crippen LogP contribution < -0.4 is 25.3 Å². The third kappa shape index (κ3) is 6.48. The van der Waals surface area contributed by atoms with Crippen LogP contribution in [0.3, 0.4) is 0 Å².